The van der Waals surface area contributed by atoms with Crippen molar-refractivity contribution in [3.63, 3.8) is 0 Å². The second-order valence-corrected chi connectivity index (χ2v) is 7.65. The summed E-state index contributed by atoms with van der Waals surface area (Å²) >= 11 is 0. The second-order valence-electron chi connectivity index (χ2n) is 7.65. The first-order valence-electron chi connectivity index (χ1n) is 9.88. The Hall–Kier alpha value is -3.79. The minimum absolute atomic E-state index is 0.102. The minimum Gasteiger partial charge on any atom is -0.321 e. The number of alkyl halides is 3. The van der Waals surface area contributed by atoms with Crippen LogP contribution in [0.4, 0.5) is 18.9 Å². The Kier molecular flexibility index (Phi) is 6.26. The molecule has 0 spiro atoms. The Morgan fingerprint density at radius 2 is 1.78 bits per heavy atom. The molecule has 0 fully saturated rings. The number of anilines is 1. The van der Waals surface area contributed by atoms with Crippen molar-refractivity contribution in [2.45, 2.75) is 33.9 Å². The monoisotopic (exact) mass is 437 g/mol. The number of hydrogen-bond acceptors (Lipinski definition) is 2. The highest BCUT2D eigenvalue weighted by atomic mass is 19.4. The molecule has 0 atom stereocenters. The van der Waals surface area contributed by atoms with E-state index in [-0.39, 0.29) is 5.57 Å². The summed E-state index contributed by atoms with van der Waals surface area (Å²) < 4.78 is 41.1. The van der Waals surface area contributed by atoms with Gasteiger partial charge in [0.2, 0.25) is 0 Å². The summed E-state index contributed by atoms with van der Waals surface area (Å²) in [6.45, 7) is 7.25. The van der Waals surface area contributed by atoms with E-state index in [2.05, 4.69) is 5.32 Å². The lowest BCUT2D eigenvalue weighted by Gasteiger charge is -2.13. The molecule has 0 aliphatic rings. The van der Waals surface area contributed by atoms with Crippen LogP contribution in [0.5, 0.6) is 0 Å². The van der Waals surface area contributed by atoms with E-state index >= 15 is 0 Å². The van der Waals surface area contributed by atoms with Gasteiger partial charge in [0, 0.05) is 22.8 Å². The number of amides is 1. The molecule has 3 rings (SSSR count). The topological polar surface area (TPSA) is 57.8 Å². The maximum absolute atomic E-state index is 13.1. The Morgan fingerprint density at radius 1 is 1.06 bits per heavy atom. The fraction of sp³-hybridized carbons (Fsp3) is 0.200. The predicted octanol–water partition coefficient (Wildman–Crippen LogP) is 6.28. The van der Waals surface area contributed by atoms with Gasteiger partial charge in [-0.25, -0.2) is 0 Å². The molecule has 0 aliphatic heterocycles. The Labute approximate surface area is 184 Å². The zero-order valence-electron chi connectivity index (χ0n) is 18.1. The van der Waals surface area contributed by atoms with Crippen molar-refractivity contribution in [3.8, 4) is 11.8 Å². The third kappa shape index (κ3) is 4.75. The number of nitriles is 1. The average Bonchev–Trinajstić information content (AvgIpc) is 3.01. The lowest BCUT2D eigenvalue weighted by molar-refractivity contribution is -0.137. The molecular formula is C25H22F3N3O. The number of nitrogens with zero attached hydrogens (tertiary/aromatic N) is 2. The van der Waals surface area contributed by atoms with Crippen LogP contribution in [0.2, 0.25) is 0 Å². The quantitative estimate of drug-likeness (QED) is 0.386. The van der Waals surface area contributed by atoms with Crippen LogP contribution in [-0.4, -0.2) is 10.5 Å². The van der Waals surface area contributed by atoms with Gasteiger partial charge in [-0.1, -0.05) is 18.2 Å². The molecule has 1 N–H and O–H groups in total. The minimum atomic E-state index is -4.45. The number of benzene rings is 2. The van der Waals surface area contributed by atoms with Crippen LogP contribution in [0, 0.1) is 39.0 Å². The summed E-state index contributed by atoms with van der Waals surface area (Å²) in [5.41, 5.74) is 3.84. The molecule has 7 heteroatoms. The van der Waals surface area contributed by atoms with E-state index in [9.17, 15) is 23.2 Å². The van der Waals surface area contributed by atoms with Gasteiger partial charge >= 0.3 is 6.18 Å². The zero-order valence-corrected chi connectivity index (χ0v) is 18.1. The highest BCUT2D eigenvalue weighted by Crippen LogP contribution is 2.32. The van der Waals surface area contributed by atoms with E-state index in [0.29, 0.717) is 28.3 Å². The number of halogens is 3. The van der Waals surface area contributed by atoms with Gasteiger partial charge in [0.25, 0.3) is 5.91 Å². The number of aryl methyl sites for hydroxylation is 3. The molecule has 3 aromatic rings. The number of hydrogen-bond donors (Lipinski definition) is 1. The van der Waals surface area contributed by atoms with Crippen LogP contribution in [-0.2, 0) is 11.0 Å². The highest BCUT2D eigenvalue weighted by Gasteiger charge is 2.30. The van der Waals surface area contributed by atoms with E-state index in [1.54, 1.807) is 30.5 Å². The summed E-state index contributed by atoms with van der Waals surface area (Å²) in [6, 6.07) is 14.3. The second kappa shape index (κ2) is 8.75. The van der Waals surface area contributed by atoms with Crippen LogP contribution >= 0.6 is 0 Å². The number of nitrogens with one attached hydrogen (secondary N) is 1. The van der Waals surface area contributed by atoms with Gasteiger partial charge in [-0.3, -0.25) is 4.79 Å². The van der Waals surface area contributed by atoms with Crippen molar-refractivity contribution in [1.29, 1.82) is 5.26 Å². The number of rotatable bonds is 4. The van der Waals surface area contributed by atoms with Crippen molar-refractivity contribution in [2.75, 3.05) is 5.32 Å². The van der Waals surface area contributed by atoms with E-state index in [1.807, 2.05) is 38.1 Å². The summed E-state index contributed by atoms with van der Waals surface area (Å²) in [6.07, 6.45) is -3.00. The molecule has 0 radical (unpaired) electrons. The number of carbonyl (C=O) groups excluding carboxylic acids is 1. The molecule has 164 valence electrons. The first-order valence-corrected chi connectivity index (χ1v) is 9.88. The Balaban J connectivity index is 1.97. The molecule has 0 bridgehead atoms. The molecular weight excluding hydrogens is 415 g/mol. The molecule has 4 nitrogen and oxygen atoms in total. The number of aromatic nitrogens is 1. The smallest absolute Gasteiger partial charge is 0.321 e. The van der Waals surface area contributed by atoms with E-state index < -0.39 is 17.6 Å². The van der Waals surface area contributed by atoms with E-state index in [4.69, 9.17) is 0 Å². The molecule has 1 amide bonds. The lowest BCUT2D eigenvalue weighted by Crippen LogP contribution is -2.14. The lowest BCUT2D eigenvalue weighted by atomic mass is 10.1. The fourth-order valence-corrected chi connectivity index (χ4v) is 3.52. The van der Waals surface area contributed by atoms with Gasteiger partial charge < -0.3 is 9.88 Å². The van der Waals surface area contributed by atoms with Crippen molar-refractivity contribution in [3.05, 3.63) is 87.7 Å². The van der Waals surface area contributed by atoms with Gasteiger partial charge in [-0.05, 0) is 80.8 Å². The number of carbonyl (C=O) groups is 1. The molecule has 0 saturated heterocycles. The van der Waals surface area contributed by atoms with E-state index in [1.165, 1.54) is 12.1 Å². The van der Waals surface area contributed by atoms with Crippen molar-refractivity contribution >= 4 is 17.7 Å². The van der Waals surface area contributed by atoms with Crippen molar-refractivity contribution in [1.82, 2.24) is 4.57 Å². The van der Waals surface area contributed by atoms with Crippen molar-refractivity contribution < 1.29 is 18.0 Å². The standard InChI is InChI=1S/C25H22F3N3O/c1-15-8-9-16(2)23(10-15)30-24(32)20(14-29)12-19-11-17(3)31(18(19)4)22-7-5-6-21(13-22)25(26,27)28/h5-13H,1-4H3,(H,30,32)/b20-12+. The maximum Gasteiger partial charge on any atom is 0.416 e. The molecule has 1 aromatic heterocycles. The van der Waals surface area contributed by atoms with Crippen LogP contribution in [0.1, 0.15) is 33.6 Å². The molecule has 32 heavy (non-hydrogen) atoms. The summed E-state index contributed by atoms with van der Waals surface area (Å²) in [4.78, 5) is 12.7. The van der Waals surface area contributed by atoms with E-state index in [0.717, 1.165) is 23.3 Å². The third-order valence-electron chi connectivity index (χ3n) is 5.21. The molecule has 0 unspecified atom stereocenters. The third-order valence-corrected chi connectivity index (χ3v) is 5.21. The average molecular weight is 437 g/mol. The first kappa shape index (κ1) is 22.9. The van der Waals surface area contributed by atoms with Crippen LogP contribution in [0.15, 0.2) is 54.1 Å². The van der Waals surface area contributed by atoms with Gasteiger partial charge in [-0.15, -0.1) is 0 Å². The van der Waals surface area contributed by atoms with Crippen LogP contribution in [0.25, 0.3) is 11.8 Å². The van der Waals surface area contributed by atoms with Gasteiger partial charge in [0.15, 0.2) is 0 Å². The van der Waals surface area contributed by atoms with Crippen molar-refractivity contribution in [2.24, 2.45) is 0 Å². The Morgan fingerprint density at radius 3 is 2.44 bits per heavy atom. The van der Waals surface area contributed by atoms with Gasteiger partial charge in [0.1, 0.15) is 11.6 Å². The zero-order chi connectivity index (χ0) is 23.6. The van der Waals surface area contributed by atoms with Gasteiger partial charge in [-0.2, -0.15) is 18.4 Å². The molecule has 0 aliphatic carbocycles. The largest absolute Gasteiger partial charge is 0.416 e. The first-order chi connectivity index (χ1) is 15.0. The Bertz CT molecular complexity index is 1260. The molecule has 0 saturated carbocycles. The van der Waals surface area contributed by atoms with Gasteiger partial charge in [0.05, 0.1) is 5.56 Å². The summed E-state index contributed by atoms with van der Waals surface area (Å²) in [5.74, 6) is -0.551. The van der Waals surface area contributed by atoms with Crippen LogP contribution in [0.3, 0.4) is 0 Å². The normalized spacial score (nSPS) is 11.9. The fourth-order valence-electron chi connectivity index (χ4n) is 3.52. The SMILES string of the molecule is Cc1ccc(C)c(NC(=O)/C(C#N)=C/c2cc(C)n(-c3cccc(C(F)(F)F)c3)c2C)c1. The molecule has 1 heterocycles. The highest BCUT2D eigenvalue weighted by molar-refractivity contribution is 6.10. The summed E-state index contributed by atoms with van der Waals surface area (Å²) in [5, 5.41) is 12.3. The van der Waals surface area contributed by atoms with Crippen LogP contribution < -0.4 is 5.32 Å². The maximum atomic E-state index is 13.1. The predicted molar refractivity (Wildman–Crippen MR) is 118 cm³/mol. The summed E-state index contributed by atoms with van der Waals surface area (Å²) in [7, 11) is 0. The molecule has 2 aromatic carbocycles.